The molecule has 1 saturated heterocycles. The number of hydrogen-bond donors (Lipinski definition) is 3. The van der Waals surface area contributed by atoms with Crippen LogP contribution in [0.25, 0.3) is 0 Å². The average Bonchev–Trinajstić information content (AvgIpc) is 2.26. The van der Waals surface area contributed by atoms with Crippen molar-refractivity contribution in [3.8, 4) is 0 Å². The highest BCUT2D eigenvalue weighted by Crippen LogP contribution is 2.11. The largest absolute Gasteiger partial charge is 0.390 e. The van der Waals surface area contributed by atoms with E-state index in [2.05, 4.69) is 10.6 Å². The van der Waals surface area contributed by atoms with E-state index in [0.29, 0.717) is 13.1 Å². The Balaban J connectivity index is 2.18. The number of aliphatic hydroxyl groups is 1. The molecule has 0 saturated carbocycles. The quantitative estimate of drug-likeness (QED) is 0.567. The summed E-state index contributed by atoms with van der Waals surface area (Å²) in [6.45, 7) is 2.75. The number of rotatable bonds is 5. The van der Waals surface area contributed by atoms with Crippen LogP contribution in [0.4, 0.5) is 0 Å². The maximum Gasteiger partial charge on any atom is 0.223 e. The molecular formula is C11H23N3O2. The number of nitrogens with zero attached hydrogens (tertiary/aromatic N) is 1. The van der Waals surface area contributed by atoms with Gasteiger partial charge < -0.3 is 20.6 Å². The molecule has 1 fully saturated rings. The Kier molecular flexibility index (Phi) is 5.73. The van der Waals surface area contributed by atoms with Gasteiger partial charge in [-0.1, -0.05) is 0 Å². The van der Waals surface area contributed by atoms with Crippen LogP contribution in [0.3, 0.4) is 0 Å². The van der Waals surface area contributed by atoms with Crippen molar-refractivity contribution >= 4 is 5.91 Å². The van der Waals surface area contributed by atoms with E-state index in [-0.39, 0.29) is 11.8 Å². The van der Waals surface area contributed by atoms with Crippen LogP contribution in [0, 0.1) is 5.92 Å². The lowest BCUT2D eigenvalue weighted by molar-refractivity contribution is -0.126. The number of carbonyl (C=O) groups is 1. The van der Waals surface area contributed by atoms with Gasteiger partial charge in [0.05, 0.1) is 6.10 Å². The van der Waals surface area contributed by atoms with Gasteiger partial charge in [0.1, 0.15) is 0 Å². The van der Waals surface area contributed by atoms with Crippen molar-refractivity contribution in [2.45, 2.75) is 18.9 Å². The topological polar surface area (TPSA) is 64.6 Å². The predicted octanol–water partition coefficient (Wildman–Crippen LogP) is -0.975. The summed E-state index contributed by atoms with van der Waals surface area (Å²) in [6, 6.07) is 0. The van der Waals surface area contributed by atoms with Crippen molar-refractivity contribution < 1.29 is 9.90 Å². The average molecular weight is 229 g/mol. The molecule has 1 unspecified atom stereocenters. The van der Waals surface area contributed by atoms with E-state index >= 15 is 0 Å². The van der Waals surface area contributed by atoms with Gasteiger partial charge in [-0.25, -0.2) is 0 Å². The molecule has 94 valence electrons. The van der Waals surface area contributed by atoms with Gasteiger partial charge >= 0.3 is 0 Å². The molecule has 1 aliphatic rings. The minimum Gasteiger partial charge on any atom is -0.390 e. The number of piperidine rings is 1. The van der Waals surface area contributed by atoms with E-state index in [1.54, 1.807) is 0 Å². The summed E-state index contributed by atoms with van der Waals surface area (Å²) < 4.78 is 0. The van der Waals surface area contributed by atoms with E-state index < -0.39 is 6.10 Å². The summed E-state index contributed by atoms with van der Waals surface area (Å²) in [5.74, 6) is 0.201. The first-order valence-corrected chi connectivity index (χ1v) is 5.91. The lowest BCUT2D eigenvalue weighted by atomic mass is 9.97. The van der Waals surface area contributed by atoms with Crippen molar-refractivity contribution in [2.24, 2.45) is 5.92 Å². The van der Waals surface area contributed by atoms with Gasteiger partial charge in [-0.3, -0.25) is 4.79 Å². The zero-order valence-corrected chi connectivity index (χ0v) is 10.2. The summed E-state index contributed by atoms with van der Waals surface area (Å²) in [5, 5.41) is 15.6. The summed E-state index contributed by atoms with van der Waals surface area (Å²) in [6.07, 6.45) is 1.31. The number of amides is 1. The third kappa shape index (κ3) is 4.92. The Morgan fingerprint density at radius 2 is 2.12 bits per heavy atom. The fraction of sp³-hybridized carbons (Fsp3) is 0.909. The molecule has 0 aromatic carbocycles. The molecule has 0 aliphatic carbocycles. The maximum absolute atomic E-state index is 11.7. The van der Waals surface area contributed by atoms with Gasteiger partial charge in [-0.2, -0.15) is 0 Å². The van der Waals surface area contributed by atoms with Crippen molar-refractivity contribution in [3.63, 3.8) is 0 Å². The van der Waals surface area contributed by atoms with E-state index in [0.717, 1.165) is 25.9 Å². The Bertz CT molecular complexity index is 215. The van der Waals surface area contributed by atoms with Crippen molar-refractivity contribution in [1.29, 1.82) is 0 Å². The second-order valence-corrected chi connectivity index (χ2v) is 4.69. The number of nitrogens with one attached hydrogen (secondary N) is 2. The third-order valence-corrected chi connectivity index (χ3v) is 2.80. The molecule has 3 N–H and O–H groups in total. The molecule has 1 rings (SSSR count). The molecular weight excluding hydrogens is 206 g/mol. The van der Waals surface area contributed by atoms with Crippen LogP contribution in [0.15, 0.2) is 0 Å². The molecule has 1 atom stereocenters. The minimum atomic E-state index is -0.485. The van der Waals surface area contributed by atoms with E-state index in [1.165, 1.54) is 0 Å². The number of carbonyl (C=O) groups excluding carboxylic acids is 1. The van der Waals surface area contributed by atoms with Crippen LogP contribution >= 0.6 is 0 Å². The van der Waals surface area contributed by atoms with Gasteiger partial charge in [0, 0.05) is 19.0 Å². The molecule has 5 heteroatoms. The summed E-state index contributed by atoms with van der Waals surface area (Å²) >= 11 is 0. The van der Waals surface area contributed by atoms with E-state index in [4.69, 9.17) is 0 Å². The van der Waals surface area contributed by atoms with Crippen LogP contribution in [0.2, 0.25) is 0 Å². The minimum absolute atomic E-state index is 0.0827. The lowest BCUT2D eigenvalue weighted by Gasteiger charge is -2.23. The van der Waals surface area contributed by atoms with Gasteiger partial charge in [-0.15, -0.1) is 0 Å². The van der Waals surface area contributed by atoms with Crippen LogP contribution in [-0.4, -0.2) is 62.3 Å². The fourth-order valence-electron chi connectivity index (χ4n) is 1.93. The fourth-order valence-corrected chi connectivity index (χ4v) is 1.93. The van der Waals surface area contributed by atoms with Crippen LogP contribution in [0.1, 0.15) is 12.8 Å². The monoisotopic (exact) mass is 229 g/mol. The van der Waals surface area contributed by atoms with E-state index in [1.807, 2.05) is 19.0 Å². The number of aliphatic hydroxyl groups excluding tert-OH is 1. The second kappa shape index (κ2) is 6.83. The van der Waals surface area contributed by atoms with Crippen molar-refractivity contribution in [2.75, 3.05) is 40.3 Å². The van der Waals surface area contributed by atoms with Crippen molar-refractivity contribution in [3.05, 3.63) is 0 Å². The van der Waals surface area contributed by atoms with Gasteiger partial charge in [-0.05, 0) is 40.0 Å². The van der Waals surface area contributed by atoms with Crippen LogP contribution in [-0.2, 0) is 4.79 Å². The molecule has 0 radical (unpaired) electrons. The lowest BCUT2D eigenvalue weighted by Crippen LogP contribution is -2.42. The molecule has 0 aromatic rings. The molecule has 0 aromatic heterocycles. The predicted molar refractivity (Wildman–Crippen MR) is 63.2 cm³/mol. The molecule has 5 nitrogen and oxygen atoms in total. The zero-order valence-electron chi connectivity index (χ0n) is 10.2. The number of hydrogen-bond acceptors (Lipinski definition) is 4. The summed E-state index contributed by atoms with van der Waals surface area (Å²) in [4.78, 5) is 13.6. The summed E-state index contributed by atoms with van der Waals surface area (Å²) in [7, 11) is 3.80. The summed E-state index contributed by atoms with van der Waals surface area (Å²) in [5.41, 5.74) is 0. The highest BCUT2D eigenvalue weighted by Gasteiger charge is 2.21. The Hall–Kier alpha value is -0.650. The number of likely N-dealkylation sites (N-methyl/N-ethyl adjacent to an activating group) is 1. The Morgan fingerprint density at radius 3 is 2.69 bits per heavy atom. The van der Waals surface area contributed by atoms with Crippen LogP contribution < -0.4 is 10.6 Å². The van der Waals surface area contributed by atoms with E-state index in [9.17, 15) is 9.90 Å². The molecule has 1 heterocycles. The molecule has 0 bridgehead atoms. The van der Waals surface area contributed by atoms with Gasteiger partial charge in [0.25, 0.3) is 0 Å². The Labute approximate surface area is 97.2 Å². The van der Waals surface area contributed by atoms with Gasteiger partial charge in [0.15, 0.2) is 0 Å². The molecule has 1 aliphatic heterocycles. The van der Waals surface area contributed by atoms with Crippen molar-refractivity contribution in [1.82, 2.24) is 15.5 Å². The first-order valence-electron chi connectivity index (χ1n) is 5.91. The highest BCUT2D eigenvalue weighted by atomic mass is 16.3. The Morgan fingerprint density at radius 1 is 1.50 bits per heavy atom. The molecule has 1 amide bonds. The SMILES string of the molecule is CN(C)CC(O)CNC(=O)C1CCNCC1. The smallest absolute Gasteiger partial charge is 0.223 e. The zero-order chi connectivity index (χ0) is 12.0. The maximum atomic E-state index is 11.7. The normalized spacial score (nSPS) is 19.8. The second-order valence-electron chi connectivity index (χ2n) is 4.69. The first kappa shape index (κ1) is 13.4. The highest BCUT2D eigenvalue weighted by molar-refractivity contribution is 5.78. The molecule has 0 spiro atoms. The van der Waals surface area contributed by atoms with Gasteiger partial charge in [0.2, 0.25) is 5.91 Å². The third-order valence-electron chi connectivity index (χ3n) is 2.80. The first-order chi connectivity index (χ1) is 7.59. The molecule has 16 heavy (non-hydrogen) atoms. The van der Waals surface area contributed by atoms with Crippen LogP contribution in [0.5, 0.6) is 0 Å². The standard InChI is InChI=1S/C11H23N3O2/c1-14(2)8-10(15)7-13-11(16)9-3-5-12-6-4-9/h9-10,12,15H,3-8H2,1-2H3,(H,13,16).